The molecule has 3 atom stereocenters. The SMILES string of the molecule is CN(C(=O)Cc1ccc(Cl)cc1)[C@@H]1CC[C@]2(CCCO2)C[C@H]1N1CCCC1. The van der Waals surface area contributed by atoms with Crippen molar-refractivity contribution in [3.63, 3.8) is 0 Å². The number of benzene rings is 1. The number of rotatable bonds is 4. The molecule has 1 amide bonds. The lowest BCUT2D eigenvalue weighted by atomic mass is 9.76. The fourth-order valence-corrected chi connectivity index (χ4v) is 5.45. The Hall–Kier alpha value is -1.10. The first-order chi connectivity index (χ1) is 13.1. The van der Waals surface area contributed by atoms with Gasteiger partial charge in [0.2, 0.25) is 5.91 Å². The first-order valence-electron chi connectivity index (χ1n) is 10.4. The van der Waals surface area contributed by atoms with Crippen LogP contribution in [0.25, 0.3) is 0 Å². The van der Waals surface area contributed by atoms with Crippen LogP contribution in [0.5, 0.6) is 0 Å². The molecule has 4 nitrogen and oxygen atoms in total. The summed E-state index contributed by atoms with van der Waals surface area (Å²) in [6.45, 7) is 3.23. The molecule has 1 aromatic rings. The second kappa shape index (κ2) is 8.10. The Morgan fingerprint density at radius 1 is 1.22 bits per heavy atom. The molecule has 3 aliphatic rings. The van der Waals surface area contributed by atoms with Gasteiger partial charge in [-0.05, 0) is 75.7 Å². The van der Waals surface area contributed by atoms with Crippen LogP contribution in [0.15, 0.2) is 24.3 Å². The number of nitrogens with zero attached hydrogens (tertiary/aromatic N) is 2. The molecule has 4 rings (SSSR count). The van der Waals surface area contributed by atoms with Gasteiger partial charge in [-0.25, -0.2) is 0 Å². The van der Waals surface area contributed by atoms with Crippen LogP contribution in [0.4, 0.5) is 0 Å². The van der Waals surface area contributed by atoms with Gasteiger partial charge in [-0.15, -0.1) is 0 Å². The minimum atomic E-state index is 0.0732. The van der Waals surface area contributed by atoms with Gasteiger partial charge in [0.05, 0.1) is 12.0 Å². The van der Waals surface area contributed by atoms with Crippen molar-refractivity contribution < 1.29 is 9.53 Å². The third-order valence-corrected chi connectivity index (χ3v) is 7.13. The van der Waals surface area contributed by atoms with Crippen LogP contribution >= 0.6 is 11.6 Å². The number of carbonyl (C=O) groups excluding carboxylic acids is 1. The Kier molecular flexibility index (Phi) is 5.77. The number of carbonyl (C=O) groups is 1. The van der Waals surface area contributed by atoms with Crippen molar-refractivity contribution in [2.24, 2.45) is 0 Å². The molecule has 0 unspecified atom stereocenters. The van der Waals surface area contributed by atoms with Gasteiger partial charge in [0.1, 0.15) is 0 Å². The van der Waals surface area contributed by atoms with Crippen LogP contribution < -0.4 is 0 Å². The van der Waals surface area contributed by atoms with Crippen molar-refractivity contribution in [1.29, 1.82) is 0 Å². The predicted molar refractivity (Wildman–Crippen MR) is 108 cm³/mol. The fraction of sp³-hybridized carbons (Fsp3) is 0.682. The minimum absolute atomic E-state index is 0.0732. The fourth-order valence-electron chi connectivity index (χ4n) is 5.32. The number of likely N-dealkylation sites (tertiary alicyclic amines) is 1. The Labute approximate surface area is 167 Å². The number of halogens is 1. The molecule has 3 fully saturated rings. The van der Waals surface area contributed by atoms with Crippen LogP contribution in [0.2, 0.25) is 5.02 Å². The molecule has 1 spiro atoms. The molecule has 2 heterocycles. The van der Waals surface area contributed by atoms with Crippen LogP contribution in [-0.4, -0.2) is 60.1 Å². The van der Waals surface area contributed by atoms with Crippen LogP contribution in [0, 0.1) is 0 Å². The lowest BCUT2D eigenvalue weighted by molar-refractivity contribution is -0.136. The van der Waals surface area contributed by atoms with Gasteiger partial charge in [0, 0.05) is 30.8 Å². The molecule has 1 saturated carbocycles. The predicted octanol–water partition coefficient (Wildman–Crippen LogP) is 3.91. The topological polar surface area (TPSA) is 32.8 Å². The van der Waals surface area contributed by atoms with E-state index in [4.69, 9.17) is 16.3 Å². The Balaban J connectivity index is 1.47. The first kappa shape index (κ1) is 19.2. The maximum absolute atomic E-state index is 13.0. The van der Waals surface area contributed by atoms with Gasteiger partial charge < -0.3 is 9.64 Å². The smallest absolute Gasteiger partial charge is 0.227 e. The molecule has 0 radical (unpaired) electrons. The van der Waals surface area contributed by atoms with Crippen molar-refractivity contribution >= 4 is 17.5 Å². The van der Waals surface area contributed by atoms with Crippen molar-refractivity contribution in [1.82, 2.24) is 9.80 Å². The minimum Gasteiger partial charge on any atom is -0.375 e. The Morgan fingerprint density at radius 2 is 1.96 bits per heavy atom. The zero-order chi connectivity index (χ0) is 18.9. The summed E-state index contributed by atoms with van der Waals surface area (Å²) in [4.78, 5) is 17.7. The quantitative estimate of drug-likeness (QED) is 0.781. The lowest BCUT2D eigenvalue weighted by Gasteiger charge is -2.48. The summed E-state index contributed by atoms with van der Waals surface area (Å²) in [5.41, 5.74) is 1.10. The van der Waals surface area contributed by atoms with Crippen molar-refractivity contribution in [2.75, 3.05) is 26.7 Å². The largest absolute Gasteiger partial charge is 0.375 e. The van der Waals surface area contributed by atoms with Crippen LogP contribution in [-0.2, 0) is 16.0 Å². The third-order valence-electron chi connectivity index (χ3n) is 6.88. The molecule has 27 heavy (non-hydrogen) atoms. The molecule has 148 valence electrons. The molecule has 0 N–H and O–H groups in total. The second-order valence-corrected chi connectivity index (χ2v) is 9.00. The summed E-state index contributed by atoms with van der Waals surface area (Å²) in [6, 6.07) is 8.34. The average molecular weight is 391 g/mol. The molecule has 0 aromatic heterocycles. The van der Waals surface area contributed by atoms with E-state index in [1.807, 2.05) is 36.2 Å². The van der Waals surface area contributed by atoms with Gasteiger partial charge in [-0.1, -0.05) is 23.7 Å². The highest BCUT2D eigenvalue weighted by Crippen LogP contribution is 2.42. The zero-order valence-corrected chi connectivity index (χ0v) is 17.1. The van der Waals surface area contributed by atoms with E-state index in [2.05, 4.69) is 4.90 Å². The Morgan fingerprint density at radius 3 is 2.63 bits per heavy atom. The van der Waals surface area contributed by atoms with E-state index in [-0.39, 0.29) is 17.6 Å². The maximum atomic E-state index is 13.0. The summed E-state index contributed by atoms with van der Waals surface area (Å²) in [5.74, 6) is 0.204. The summed E-state index contributed by atoms with van der Waals surface area (Å²) in [6.07, 6.45) is 8.58. The standard InChI is InChI=1S/C22H31ClN2O2/c1-24(21(26)15-17-5-7-18(23)8-6-17)19-9-11-22(10-4-14-27-22)16-20(19)25-12-2-3-13-25/h5-8,19-20H,2-4,9-16H2,1H3/t19-,20-,22-/m1/s1. The number of amides is 1. The molecule has 1 aliphatic carbocycles. The molecular formula is C22H31ClN2O2. The third kappa shape index (κ3) is 4.18. The Bertz CT molecular complexity index is 651. The highest BCUT2D eigenvalue weighted by molar-refractivity contribution is 6.30. The van der Waals surface area contributed by atoms with E-state index >= 15 is 0 Å². The molecule has 2 saturated heterocycles. The normalized spacial score (nSPS) is 31.5. The molecule has 0 bridgehead atoms. The number of hydrogen-bond acceptors (Lipinski definition) is 3. The summed E-state index contributed by atoms with van der Waals surface area (Å²) in [5, 5.41) is 0.711. The molecule has 5 heteroatoms. The molecular weight excluding hydrogens is 360 g/mol. The van der Waals surface area contributed by atoms with E-state index < -0.39 is 0 Å². The maximum Gasteiger partial charge on any atom is 0.227 e. The van der Waals surface area contributed by atoms with Crippen LogP contribution in [0.1, 0.15) is 50.5 Å². The second-order valence-electron chi connectivity index (χ2n) is 8.56. The van der Waals surface area contributed by atoms with Gasteiger partial charge in [0.25, 0.3) is 0 Å². The number of ether oxygens (including phenoxy) is 1. The summed E-state index contributed by atoms with van der Waals surface area (Å²) in [7, 11) is 2.00. The van der Waals surface area contributed by atoms with Crippen molar-refractivity contribution in [2.45, 2.75) is 69.1 Å². The van der Waals surface area contributed by atoms with Gasteiger partial charge in [-0.2, -0.15) is 0 Å². The first-order valence-corrected chi connectivity index (χ1v) is 10.8. The van der Waals surface area contributed by atoms with E-state index in [1.165, 1.54) is 25.7 Å². The van der Waals surface area contributed by atoms with E-state index in [9.17, 15) is 4.79 Å². The summed E-state index contributed by atoms with van der Waals surface area (Å²) >= 11 is 5.97. The number of likely N-dealkylation sites (N-methyl/N-ethyl adjacent to an activating group) is 1. The van der Waals surface area contributed by atoms with Crippen LogP contribution in [0.3, 0.4) is 0 Å². The summed E-state index contributed by atoms with van der Waals surface area (Å²) < 4.78 is 6.22. The monoisotopic (exact) mass is 390 g/mol. The van der Waals surface area contributed by atoms with E-state index in [0.29, 0.717) is 17.5 Å². The lowest BCUT2D eigenvalue weighted by Crippen LogP contribution is -2.58. The van der Waals surface area contributed by atoms with Gasteiger partial charge in [0.15, 0.2) is 0 Å². The average Bonchev–Trinajstić information content (AvgIpc) is 3.35. The van der Waals surface area contributed by atoms with Crippen molar-refractivity contribution in [3.8, 4) is 0 Å². The van der Waals surface area contributed by atoms with Gasteiger partial charge in [-0.3, -0.25) is 9.69 Å². The molecule has 1 aromatic carbocycles. The van der Waals surface area contributed by atoms with Crippen molar-refractivity contribution in [3.05, 3.63) is 34.9 Å². The number of hydrogen-bond donors (Lipinski definition) is 0. The highest BCUT2D eigenvalue weighted by atomic mass is 35.5. The highest BCUT2D eigenvalue weighted by Gasteiger charge is 2.47. The molecule has 2 aliphatic heterocycles. The van der Waals surface area contributed by atoms with Gasteiger partial charge >= 0.3 is 0 Å². The van der Waals surface area contributed by atoms with E-state index in [0.717, 1.165) is 44.5 Å². The zero-order valence-electron chi connectivity index (χ0n) is 16.3. The van der Waals surface area contributed by atoms with E-state index in [1.54, 1.807) is 0 Å².